The van der Waals surface area contributed by atoms with E-state index in [-0.39, 0.29) is 0 Å². The maximum absolute atomic E-state index is 3.57. The van der Waals surface area contributed by atoms with Gasteiger partial charge in [-0.25, -0.2) is 0 Å². The lowest BCUT2D eigenvalue weighted by molar-refractivity contribution is 0.556. The van der Waals surface area contributed by atoms with Crippen molar-refractivity contribution in [3.63, 3.8) is 0 Å². The Balaban J connectivity index is 2.11. The molecule has 0 spiro atoms. The summed E-state index contributed by atoms with van der Waals surface area (Å²) in [6.45, 7) is 7.76. The van der Waals surface area contributed by atoms with E-state index in [1.54, 1.807) is 0 Å². The minimum Gasteiger partial charge on any atom is -0.369 e. The van der Waals surface area contributed by atoms with Crippen LogP contribution in [0.3, 0.4) is 0 Å². The first-order chi connectivity index (χ1) is 8.31. The molecule has 1 N–H and O–H groups in total. The summed E-state index contributed by atoms with van der Waals surface area (Å²) >= 11 is 2.02. The lowest BCUT2D eigenvalue weighted by Gasteiger charge is -2.26. The van der Waals surface area contributed by atoms with Gasteiger partial charge < -0.3 is 10.2 Å². The minimum atomic E-state index is 0.564. The quantitative estimate of drug-likeness (QED) is 0.827. The van der Waals surface area contributed by atoms with E-state index in [0.717, 1.165) is 19.6 Å². The van der Waals surface area contributed by atoms with Crippen LogP contribution in [0, 0.1) is 0 Å². The highest BCUT2D eigenvalue weighted by Crippen LogP contribution is 2.23. The molecule has 0 aromatic heterocycles. The third-order valence-corrected chi connectivity index (χ3v) is 4.06. The highest BCUT2D eigenvalue weighted by molar-refractivity contribution is 7.99. The molecule has 1 aromatic rings. The maximum Gasteiger partial charge on any atom is 0.0412 e. The van der Waals surface area contributed by atoms with Gasteiger partial charge in [-0.15, -0.1) is 0 Å². The van der Waals surface area contributed by atoms with Crippen LogP contribution in [0.5, 0.6) is 0 Å². The van der Waals surface area contributed by atoms with E-state index in [1.807, 2.05) is 11.8 Å². The lowest BCUT2D eigenvalue weighted by Crippen LogP contribution is -2.37. The number of hydrogen-bond donors (Lipinski definition) is 1. The van der Waals surface area contributed by atoms with Crippen LogP contribution < -0.4 is 10.2 Å². The molecular formula is C14H22N2S. The molecule has 2 rings (SSSR count). The van der Waals surface area contributed by atoms with Crippen molar-refractivity contribution in [2.24, 2.45) is 0 Å². The average Bonchev–Trinajstić information content (AvgIpc) is 2.50. The first kappa shape index (κ1) is 12.8. The van der Waals surface area contributed by atoms with E-state index in [2.05, 4.69) is 48.3 Å². The maximum atomic E-state index is 3.57. The Morgan fingerprint density at radius 3 is 3.06 bits per heavy atom. The Hall–Kier alpha value is -0.670. The Kier molecular flexibility index (Phi) is 4.75. The largest absolute Gasteiger partial charge is 0.369 e. The van der Waals surface area contributed by atoms with Gasteiger partial charge in [0.2, 0.25) is 0 Å². The summed E-state index contributed by atoms with van der Waals surface area (Å²) < 4.78 is 0. The molecule has 0 amide bonds. The van der Waals surface area contributed by atoms with Gasteiger partial charge in [-0.05, 0) is 24.3 Å². The predicted octanol–water partition coefficient (Wildman–Crippen LogP) is 2.74. The second-order valence-corrected chi connectivity index (χ2v) is 5.95. The fourth-order valence-electron chi connectivity index (χ4n) is 2.28. The molecule has 17 heavy (non-hydrogen) atoms. The number of fused-ring (bicyclic) bond motifs is 1. The van der Waals surface area contributed by atoms with Gasteiger partial charge in [0.05, 0.1) is 0 Å². The van der Waals surface area contributed by atoms with E-state index in [9.17, 15) is 0 Å². The molecule has 0 bridgehead atoms. The molecule has 1 heterocycles. The highest BCUT2D eigenvalue weighted by atomic mass is 32.2. The molecule has 1 aliphatic rings. The summed E-state index contributed by atoms with van der Waals surface area (Å²) in [6, 6.07) is 9.34. The van der Waals surface area contributed by atoms with Gasteiger partial charge in [0.25, 0.3) is 0 Å². The molecule has 0 radical (unpaired) electrons. The summed E-state index contributed by atoms with van der Waals surface area (Å²) in [7, 11) is 0. The number of nitrogens with one attached hydrogen (secondary N) is 1. The lowest BCUT2D eigenvalue weighted by atomic mass is 10.1. The fourth-order valence-corrected chi connectivity index (χ4v) is 2.92. The summed E-state index contributed by atoms with van der Waals surface area (Å²) in [5.74, 6) is 2.43. The second-order valence-electron chi connectivity index (χ2n) is 4.55. The third kappa shape index (κ3) is 3.39. The van der Waals surface area contributed by atoms with Crippen molar-refractivity contribution in [2.45, 2.75) is 26.4 Å². The molecule has 2 nitrogen and oxygen atoms in total. The number of hydrogen-bond acceptors (Lipinski definition) is 3. The molecule has 94 valence electrons. The second kappa shape index (κ2) is 6.31. The smallest absolute Gasteiger partial charge is 0.0412 e. The normalized spacial score (nSPS) is 19.9. The zero-order valence-corrected chi connectivity index (χ0v) is 11.6. The minimum absolute atomic E-state index is 0.564. The Bertz CT molecular complexity index is 354. The topological polar surface area (TPSA) is 15.3 Å². The Morgan fingerprint density at radius 2 is 2.24 bits per heavy atom. The van der Waals surface area contributed by atoms with Crippen LogP contribution in [0.1, 0.15) is 19.4 Å². The van der Waals surface area contributed by atoms with Crippen molar-refractivity contribution in [2.75, 3.05) is 29.5 Å². The molecular weight excluding hydrogens is 228 g/mol. The van der Waals surface area contributed by atoms with Gasteiger partial charge in [0.1, 0.15) is 0 Å². The molecule has 0 fully saturated rings. The van der Waals surface area contributed by atoms with E-state index in [1.165, 1.54) is 22.8 Å². The Morgan fingerprint density at radius 1 is 1.41 bits per heavy atom. The van der Waals surface area contributed by atoms with E-state index in [0.29, 0.717) is 6.04 Å². The molecule has 3 heteroatoms. The van der Waals surface area contributed by atoms with Crippen molar-refractivity contribution in [3.05, 3.63) is 29.8 Å². The summed E-state index contributed by atoms with van der Waals surface area (Å²) in [5.41, 5.74) is 2.85. The zero-order valence-electron chi connectivity index (χ0n) is 10.8. The van der Waals surface area contributed by atoms with E-state index >= 15 is 0 Å². The average molecular weight is 250 g/mol. The Labute approximate surface area is 109 Å². The summed E-state index contributed by atoms with van der Waals surface area (Å²) in [4.78, 5) is 2.53. The van der Waals surface area contributed by atoms with Crippen molar-refractivity contribution < 1.29 is 0 Å². The van der Waals surface area contributed by atoms with Gasteiger partial charge in [-0.2, -0.15) is 11.8 Å². The molecule has 0 aliphatic carbocycles. The van der Waals surface area contributed by atoms with Gasteiger partial charge in [0, 0.05) is 37.1 Å². The van der Waals surface area contributed by atoms with Crippen molar-refractivity contribution in [3.8, 4) is 0 Å². The summed E-state index contributed by atoms with van der Waals surface area (Å²) in [6.07, 6.45) is 0. The standard InChI is InChI=1S/C14H22N2S/c1-3-17-9-8-16-11-12(2)15-10-13-6-4-5-7-14(13)16/h4-7,12,15H,3,8-11H2,1-2H3. The van der Waals surface area contributed by atoms with Gasteiger partial charge >= 0.3 is 0 Å². The molecule has 1 aromatic carbocycles. The monoisotopic (exact) mass is 250 g/mol. The first-order valence-electron chi connectivity index (χ1n) is 6.45. The molecule has 1 atom stereocenters. The molecule has 0 saturated carbocycles. The number of thioether (sulfide) groups is 1. The first-order valence-corrected chi connectivity index (χ1v) is 7.60. The van der Waals surface area contributed by atoms with Crippen LogP contribution in [0.4, 0.5) is 5.69 Å². The number of para-hydroxylation sites is 1. The van der Waals surface area contributed by atoms with Gasteiger partial charge in [0.15, 0.2) is 0 Å². The van der Waals surface area contributed by atoms with Crippen LogP contribution in [0.2, 0.25) is 0 Å². The van der Waals surface area contributed by atoms with Gasteiger partial charge in [-0.1, -0.05) is 25.1 Å². The van der Waals surface area contributed by atoms with Crippen LogP contribution in [0.25, 0.3) is 0 Å². The van der Waals surface area contributed by atoms with Crippen LogP contribution >= 0.6 is 11.8 Å². The van der Waals surface area contributed by atoms with Crippen molar-refractivity contribution in [1.82, 2.24) is 5.32 Å². The van der Waals surface area contributed by atoms with Crippen LogP contribution in [0.15, 0.2) is 24.3 Å². The fraction of sp³-hybridized carbons (Fsp3) is 0.571. The van der Waals surface area contributed by atoms with Crippen LogP contribution in [-0.4, -0.2) is 30.6 Å². The third-order valence-electron chi connectivity index (χ3n) is 3.18. The molecule has 0 saturated heterocycles. The highest BCUT2D eigenvalue weighted by Gasteiger charge is 2.17. The number of rotatable bonds is 4. The zero-order chi connectivity index (χ0) is 12.1. The van der Waals surface area contributed by atoms with Crippen molar-refractivity contribution in [1.29, 1.82) is 0 Å². The van der Waals surface area contributed by atoms with Gasteiger partial charge in [-0.3, -0.25) is 0 Å². The number of anilines is 1. The van der Waals surface area contributed by atoms with Crippen molar-refractivity contribution >= 4 is 17.4 Å². The predicted molar refractivity (Wildman–Crippen MR) is 78.0 cm³/mol. The van der Waals surface area contributed by atoms with Crippen LogP contribution in [-0.2, 0) is 6.54 Å². The van der Waals surface area contributed by atoms with E-state index in [4.69, 9.17) is 0 Å². The molecule has 1 unspecified atom stereocenters. The summed E-state index contributed by atoms with van der Waals surface area (Å²) in [5, 5.41) is 3.57. The SMILES string of the molecule is CCSCCN1CC(C)NCc2ccccc21. The number of nitrogens with zero attached hydrogens (tertiary/aromatic N) is 1. The molecule has 1 aliphatic heterocycles. The number of benzene rings is 1. The van der Waals surface area contributed by atoms with E-state index < -0.39 is 0 Å².